The number of rotatable bonds is 11. The van der Waals surface area contributed by atoms with Crippen LogP contribution in [0.3, 0.4) is 0 Å². The molecule has 0 rings (SSSR count). The van der Waals surface area contributed by atoms with E-state index in [9.17, 15) is 19.2 Å². The van der Waals surface area contributed by atoms with Crippen LogP contribution in [0, 0.1) is 17.8 Å². The average molecular weight is 401 g/mol. The smallest absolute Gasteiger partial charge is 0.325 e. The zero-order valence-electron chi connectivity index (χ0n) is 17.9. The van der Waals surface area contributed by atoms with Gasteiger partial charge in [-0.3, -0.25) is 19.2 Å². The van der Waals surface area contributed by atoms with Gasteiger partial charge in [0.1, 0.15) is 18.1 Å². The van der Waals surface area contributed by atoms with Crippen LogP contribution in [0.25, 0.3) is 0 Å². The molecule has 0 bridgehead atoms. The minimum absolute atomic E-state index is 0.0393. The van der Waals surface area contributed by atoms with E-state index in [2.05, 4.69) is 16.0 Å². The lowest BCUT2D eigenvalue weighted by atomic mass is 9.96. The summed E-state index contributed by atoms with van der Waals surface area (Å²) in [5.74, 6) is -3.26. The summed E-state index contributed by atoms with van der Waals surface area (Å²) in [7, 11) is 0. The molecule has 9 heteroatoms. The van der Waals surface area contributed by atoms with Gasteiger partial charge in [0.25, 0.3) is 0 Å². The van der Waals surface area contributed by atoms with Crippen molar-refractivity contribution >= 4 is 23.7 Å². The maximum atomic E-state index is 12.8. The first-order valence-corrected chi connectivity index (χ1v) is 9.72. The summed E-state index contributed by atoms with van der Waals surface area (Å²) in [6.07, 6.45) is 0.727. The normalized spacial score (nSPS) is 16.6. The van der Waals surface area contributed by atoms with Gasteiger partial charge >= 0.3 is 5.97 Å². The number of hydrogen-bond donors (Lipinski definition) is 5. The Kier molecular flexibility index (Phi) is 10.7. The van der Waals surface area contributed by atoms with Gasteiger partial charge in [0, 0.05) is 0 Å². The zero-order valence-corrected chi connectivity index (χ0v) is 17.9. The van der Waals surface area contributed by atoms with Gasteiger partial charge in [-0.25, -0.2) is 0 Å². The topological polar surface area (TPSA) is 151 Å². The van der Waals surface area contributed by atoms with Crippen LogP contribution in [0.2, 0.25) is 0 Å². The first-order valence-electron chi connectivity index (χ1n) is 9.72. The minimum Gasteiger partial charge on any atom is -0.480 e. The Bertz CT molecular complexity index is 565. The molecule has 28 heavy (non-hydrogen) atoms. The minimum atomic E-state index is -1.17. The first kappa shape index (κ1) is 25.8. The maximum absolute atomic E-state index is 12.8. The molecular weight excluding hydrogens is 364 g/mol. The number of carboxylic acid groups (broad SMARTS) is 1. The molecule has 0 aliphatic rings. The fourth-order valence-corrected chi connectivity index (χ4v) is 2.44. The summed E-state index contributed by atoms with van der Waals surface area (Å²) < 4.78 is 0. The summed E-state index contributed by atoms with van der Waals surface area (Å²) in [6.45, 7) is 12.1. The van der Waals surface area contributed by atoms with Crippen molar-refractivity contribution in [2.75, 3.05) is 0 Å². The number of nitrogens with one attached hydrogen (secondary N) is 3. The third-order valence-electron chi connectivity index (χ3n) is 4.78. The summed E-state index contributed by atoms with van der Waals surface area (Å²) in [4.78, 5) is 48.5. The molecule has 0 saturated carbocycles. The van der Waals surface area contributed by atoms with E-state index in [0.717, 1.165) is 6.42 Å². The summed E-state index contributed by atoms with van der Waals surface area (Å²) in [6, 6.07) is -3.62. The Morgan fingerprint density at radius 1 is 0.786 bits per heavy atom. The van der Waals surface area contributed by atoms with Crippen LogP contribution in [-0.4, -0.2) is 53.0 Å². The van der Waals surface area contributed by atoms with E-state index in [1.54, 1.807) is 27.7 Å². The number of amides is 3. The Labute approximate surface area is 167 Å². The highest BCUT2D eigenvalue weighted by Crippen LogP contribution is 2.10. The quantitative estimate of drug-likeness (QED) is 0.335. The van der Waals surface area contributed by atoms with E-state index >= 15 is 0 Å². The van der Waals surface area contributed by atoms with Gasteiger partial charge < -0.3 is 26.8 Å². The molecule has 0 radical (unpaired) electrons. The van der Waals surface area contributed by atoms with E-state index in [4.69, 9.17) is 10.8 Å². The van der Waals surface area contributed by atoms with Crippen LogP contribution in [0.15, 0.2) is 0 Å². The van der Waals surface area contributed by atoms with Gasteiger partial charge in [0.05, 0.1) is 6.04 Å². The molecule has 0 fully saturated rings. The molecule has 0 aromatic rings. The monoisotopic (exact) mass is 400 g/mol. The number of carboxylic acids is 1. The van der Waals surface area contributed by atoms with Gasteiger partial charge in [0.2, 0.25) is 17.7 Å². The molecular formula is C19H36N4O5. The number of aliphatic carboxylic acids is 1. The van der Waals surface area contributed by atoms with Crippen LogP contribution in [0.4, 0.5) is 0 Å². The third-order valence-corrected chi connectivity index (χ3v) is 4.78. The third kappa shape index (κ3) is 7.84. The van der Waals surface area contributed by atoms with E-state index in [1.807, 2.05) is 13.8 Å². The molecule has 5 atom stereocenters. The molecule has 0 aliphatic carbocycles. The van der Waals surface area contributed by atoms with Gasteiger partial charge in [-0.2, -0.15) is 0 Å². The highest BCUT2D eigenvalue weighted by atomic mass is 16.4. The molecule has 0 spiro atoms. The van der Waals surface area contributed by atoms with Crippen LogP contribution in [0.1, 0.15) is 54.9 Å². The molecule has 3 amide bonds. The standard InChI is InChI=1S/C19H36N4O5/c1-8-11(6)13(20)16(24)22-15(10(4)5)18(26)23-14(9(2)3)17(25)21-12(7)19(27)28/h9-15H,8,20H2,1-7H3,(H,21,25)(H,22,24)(H,23,26)(H,27,28). The fourth-order valence-electron chi connectivity index (χ4n) is 2.44. The van der Waals surface area contributed by atoms with Crippen molar-refractivity contribution in [1.29, 1.82) is 0 Å². The van der Waals surface area contributed by atoms with E-state index in [0.29, 0.717) is 0 Å². The Hall–Kier alpha value is -2.16. The highest BCUT2D eigenvalue weighted by Gasteiger charge is 2.32. The van der Waals surface area contributed by atoms with Crippen LogP contribution in [0.5, 0.6) is 0 Å². The molecule has 6 N–H and O–H groups in total. The lowest BCUT2D eigenvalue weighted by molar-refractivity contribution is -0.142. The van der Waals surface area contributed by atoms with Crippen molar-refractivity contribution in [3.63, 3.8) is 0 Å². The second-order valence-corrected chi connectivity index (χ2v) is 7.94. The highest BCUT2D eigenvalue weighted by molar-refractivity contribution is 5.94. The van der Waals surface area contributed by atoms with E-state index < -0.39 is 47.9 Å². The summed E-state index contributed by atoms with van der Waals surface area (Å²) in [5.41, 5.74) is 5.94. The van der Waals surface area contributed by atoms with Crippen LogP contribution >= 0.6 is 0 Å². The largest absolute Gasteiger partial charge is 0.480 e. The van der Waals surface area contributed by atoms with Gasteiger partial charge in [-0.1, -0.05) is 48.0 Å². The molecule has 0 aromatic heterocycles. The Morgan fingerprint density at radius 3 is 1.54 bits per heavy atom. The summed E-state index contributed by atoms with van der Waals surface area (Å²) >= 11 is 0. The maximum Gasteiger partial charge on any atom is 0.325 e. The molecule has 0 saturated heterocycles. The van der Waals surface area contributed by atoms with Crippen molar-refractivity contribution in [3.05, 3.63) is 0 Å². The lowest BCUT2D eigenvalue weighted by Gasteiger charge is -2.28. The molecule has 9 nitrogen and oxygen atoms in total. The van der Waals surface area contributed by atoms with Gasteiger partial charge in [0.15, 0.2) is 0 Å². The van der Waals surface area contributed by atoms with Crippen molar-refractivity contribution in [1.82, 2.24) is 16.0 Å². The fraction of sp³-hybridized carbons (Fsp3) is 0.789. The van der Waals surface area contributed by atoms with Crippen molar-refractivity contribution < 1.29 is 24.3 Å². The Balaban J connectivity index is 5.24. The average Bonchev–Trinajstić information content (AvgIpc) is 2.61. The molecule has 5 unspecified atom stereocenters. The van der Waals surface area contributed by atoms with Crippen LogP contribution < -0.4 is 21.7 Å². The van der Waals surface area contributed by atoms with Crippen molar-refractivity contribution in [2.24, 2.45) is 23.5 Å². The lowest BCUT2D eigenvalue weighted by Crippen LogP contribution is -2.59. The summed E-state index contributed by atoms with van der Waals surface area (Å²) in [5, 5.41) is 16.6. The van der Waals surface area contributed by atoms with E-state index in [1.165, 1.54) is 6.92 Å². The Morgan fingerprint density at radius 2 is 1.18 bits per heavy atom. The zero-order chi connectivity index (χ0) is 22.2. The molecule has 0 aromatic carbocycles. The van der Waals surface area contributed by atoms with E-state index in [-0.39, 0.29) is 17.8 Å². The predicted octanol–water partition coefficient (Wildman–Crippen LogP) is 0.231. The van der Waals surface area contributed by atoms with Crippen molar-refractivity contribution in [3.8, 4) is 0 Å². The predicted molar refractivity (Wildman–Crippen MR) is 106 cm³/mol. The number of carbonyl (C=O) groups excluding carboxylic acids is 3. The SMILES string of the molecule is CCC(C)C(N)C(=O)NC(C(=O)NC(C(=O)NC(C)C(=O)O)C(C)C)C(C)C. The number of carbonyl (C=O) groups is 4. The molecule has 0 aliphatic heterocycles. The van der Waals surface area contributed by atoms with Gasteiger partial charge in [-0.05, 0) is 24.7 Å². The molecule has 0 heterocycles. The molecule has 162 valence electrons. The second-order valence-electron chi connectivity index (χ2n) is 7.94. The number of nitrogens with two attached hydrogens (primary N) is 1. The van der Waals surface area contributed by atoms with Gasteiger partial charge in [-0.15, -0.1) is 0 Å². The second kappa shape index (κ2) is 11.6. The van der Waals surface area contributed by atoms with Crippen molar-refractivity contribution in [2.45, 2.75) is 79.1 Å². The van der Waals surface area contributed by atoms with Crippen LogP contribution in [-0.2, 0) is 19.2 Å². The number of hydrogen-bond acceptors (Lipinski definition) is 5. The first-order chi connectivity index (χ1) is 12.8.